The molecule has 2 heteroatoms. The van der Waals surface area contributed by atoms with E-state index >= 15 is 0 Å². The van der Waals surface area contributed by atoms with Crippen molar-refractivity contribution in [2.75, 3.05) is 0 Å². The lowest BCUT2D eigenvalue weighted by atomic mass is 9.75. The van der Waals surface area contributed by atoms with E-state index in [1.165, 1.54) is 116 Å². The van der Waals surface area contributed by atoms with Gasteiger partial charge >= 0.3 is 0 Å². The van der Waals surface area contributed by atoms with Crippen LogP contribution in [0.1, 0.15) is 156 Å². The summed E-state index contributed by atoms with van der Waals surface area (Å²) in [5, 5.41) is 0. The second-order valence-corrected chi connectivity index (χ2v) is 9.15. The Bertz CT molecular complexity index is 317. The van der Waals surface area contributed by atoms with Crippen molar-refractivity contribution < 1.29 is 4.79 Å². The Morgan fingerprint density at radius 1 is 0.536 bits per heavy atom. The number of carbonyl (C=O) groups is 1. The van der Waals surface area contributed by atoms with Gasteiger partial charge in [0.1, 0.15) is 0 Å². The van der Waals surface area contributed by atoms with Crippen molar-refractivity contribution in [2.24, 2.45) is 11.1 Å². The Kier molecular flexibility index (Phi) is 19.4. The molecule has 0 aliphatic rings. The van der Waals surface area contributed by atoms with Crippen LogP contribution in [-0.2, 0) is 4.79 Å². The molecule has 28 heavy (non-hydrogen) atoms. The van der Waals surface area contributed by atoms with E-state index in [2.05, 4.69) is 20.8 Å². The van der Waals surface area contributed by atoms with Gasteiger partial charge in [-0.1, -0.05) is 136 Å². The van der Waals surface area contributed by atoms with Crippen LogP contribution in [0.4, 0.5) is 0 Å². The van der Waals surface area contributed by atoms with Gasteiger partial charge in [-0.2, -0.15) is 0 Å². The summed E-state index contributed by atoms with van der Waals surface area (Å²) >= 11 is 0. The molecule has 0 unspecified atom stereocenters. The van der Waals surface area contributed by atoms with Crippen molar-refractivity contribution in [2.45, 2.75) is 156 Å². The van der Waals surface area contributed by atoms with Gasteiger partial charge < -0.3 is 5.73 Å². The maximum absolute atomic E-state index is 12.2. The maximum Gasteiger partial charge on any atom is 0.223 e. The molecule has 0 saturated heterocycles. The standard InChI is InChI=1S/C26H53NO/c1-4-7-9-11-13-15-17-19-21-23-26(6-3,25(27)28)24-22-20-18-16-14-12-10-8-5-2/h4-24H2,1-3H3,(H2,27,28). The van der Waals surface area contributed by atoms with Crippen LogP contribution in [0.25, 0.3) is 0 Å². The third-order valence-corrected chi connectivity index (χ3v) is 6.72. The highest BCUT2D eigenvalue weighted by Crippen LogP contribution is 2.35. The van der Waals surface area contributed by atoms with Crippen LogP contribution in [0.2, 0.25) is 0 Å². The van der Waals surface area contributed by atoms with E-state index in [-0.39, 0.29) is 11.3 Å². The Labute approximate surface area is 177 Å². The fourth-order valence-electron chi connectivity index (χ4n) is 4.45. The van der Waals surface area contributed by atoms with Crippen molar-refractivity contribution in [3.8, 4) is 0 Å². The molecule has 0 rings (SSSR count). The molecule has 0 aromatic heterocycles. The van der Waals surface area contributed by atoms with Gasteiger partial charge in [0, 0.05) is 5.41 Å². The average Bonchev–Trinajstić information content (AvgIpc) is 2.69. The molecule has 0 aromatic carbocycles. The largest absolute Gasteiger partial charge is 0.369 e. The van der Waals surface area contributed by atoms with Gasteiger partial charge in [0.05, 0.1) is 0 Å². The second kappa shape index (κ2) is 19.8. The molecule has 0 spiro atoms. The van der Waals surface area contributed by atoms with Crippen molar-refractivity contribution in [3.63, 3.8) is 0 Å². The van der Waals surface area contributed by atoms with Crippen LogP contribution in [0.3, 0.4) is 0 Å². The number of carbonyl (C=O) groups excluding carboxylic acids is 1. The topological polar surface area (TPSA) is 43.1 Å². The molecule has 2 N–H and O–H groups in total. The zero-order chi connectivity index (χ0) is 20.9. The van der Waals surface area contributed by atoms with Crippen LogP contribution >= 0.6 is 0 Å². The summed E-state index contributed by atoms with van der Waals surface area (Å²) in [6.07, 6.45) is 26.9. The Morgan fingerprint density at radius 2 is 0.821 bits per heavy atom. The Balaban J connectivity index is 3.87. The van der Waals surface area contributed by atoms with Crippen LogP contribution in [-0.4, -0.2) is 5.91 Å². The van der Waals surface area contributed by atoms with Gasteiger partial charge in [-0.05, 0) is 19.3 Å². The molecule has 2 nitrogen and oxygen atoms in total. The summed E-state index contributed by atoms with van der Waals surface area (Å²) in [7, 11) is 0. The maximum atomic E-state index is 12.2. The number of nitrogens with two attached hydrogens (primary N) is 1. The minimum Gasteiger partial charge on any atom is -0.369 e. The molecule has 0 aliphatic carbocycles. The molecule has 0 heterocycles. The van der Waals surface area contributed by atoms with Crippen molar-refractivity contribution in [1.82, 2.24) is 0 Å². The number of unbranched alkanes of at least 4 members (excludes halogenated alkanes) is 16. The lowest BCUT2D eigenvalue weighted by Gasteiger charge is -2.29. The third kappa shape index (κ3) is 14.5. The predicted molar refractivity (Wildman–Crippen MR) is 126 cm³/mol. The molecule has 0 fully saturated rings. The summed E-state index contributed by atoms with van der Waals surface area (Å²) in [5.41, 5.74) is 5.63. The van der Waals surface area contributed by atoms with Gasteiger partial charge in [0.15, 0.2) is 0 Å². The summed E-state index contributed by atoms with van der Waals surface area (Å²) in [6.45, 7) is 6.70. The molecule has 0 saturated carbocycles. The molecule has 0 atom stereocenters. The smallest absolute Gasteiger partial charge is 0.223 e. The number of primary amides is 1. The van der Waals surface area contributed by atoms with E-state index in [4.69, 9.17) is 5.73 Å². The van der Waals surface area contributed by atoms with Crippen LogP contribution in [0.15, 0.2) is 0 Å². The Hall–Kier alpha value is -0.530. The first kappa shape index (κ1) is 27.5. The Morgan fingerprint density at radius 3 is 1.07 bits per heavy atom. The van der Waals surface area contributed by atoms with Gasteiger partial charge in [-0.15, -0.1) is 0 Å². The minimum absolute atomic E-state index is 0.0471. The summed E-state index contributed by atoms with van der Waals surface area (Å²) < 4.78 is 0. The number of hydrogen-bond acceptors (Lipinski definition) is 1. The molecular formula is C26H53NO. The number of amides is 1. The lowest BCUT2D eigenvalue weighted by molar-refractivity contribution is -0.129. The third-order valence-electron chi connectivity index (χ3n) is 6.72. The first-order valence-electron chi connectivity index (χ1n) is 12.9. The highest BCUT2D eigenvalue weighted by molar-refractivity contribution is 5.80. The fourth-order valence-corrected chi connectivity index (χ4v) is 4.45. The highest BCUT2D eigenvalue weighted by atomic mass is 16.1. The lowest BCUT2D eigenvalue weighted by Crippen LogP contribution is -2.36. The fraction of sp³-hybridized carbons (Fsp3) is 0.962. The van der Waals surface area contributed by atoms with Gasteiger partial charge in [0.2, 0.25) is 5.91 Å². The predicted octanol–water partition coefficient (Wildman–Crippen LogP) is 8.71. The SMILES string of the molecule is CCCCCCCCCCCC(CC)(CCCCCCCCCCC)C(N)=O. The zero-order valence-corrected chi connectivity index (χ0v) is 19.8. The normalized spacial score (nSPS) is 11.8. The van der Waals surface area contributed by atoms with E-state index in [9.17, 15) is 4.79 Å². The van der Waals surface area contributed by atoms with Crippen molar-refractivity contribution in [3.05, 3.63) is 0 Å². The van der Waals surface area contributed by atoms with E-state index in [0.717, 1.165) is 19.3 Å². The first-order chi connectivity index (χ1) is 13.6. The van der Waals surface area contributed by atoms with Gasteiger partial charge in [-0.25, -0.2) is 0 Å². The van der Waals surface area contributed by atoms with Gasteiger partial charge in [-0.3, -0.25) is 4.79 Å². The van der Waals surface area contributed by atoms with Crippen LogP contribution in [0, 0.1) is 5.41 Å². The first-order valence-corrected chi connectivity index (χ1v) is 12.9. The minimum atomic E-state index is -0.234. The molecule has 1 amide bonds. The van der Waals surface area contributed by atoms with Crippen LogP contribution < -0.4 is 5.73 Å². The highest BCUT2D eigenvalue weighted by Gasteiger charge is 2.33. The van der Waals surface area contributed by atoms with E-state index in [1.807, 2.05) is 0 Å². The van der Waals surface area contributed by atoms with E-state index in [0.29, 0.717) is 0 Å². The monoisotopic (exact) mass is 395 g/mol. The van der Waals surface area contributed by atoms with E-state index in [1.54, 1.807) is 0 Å². The molecule has 0 radical (unpaired) electrons. The van der Waals surface area contributed by atoms with E-state index < -0.39 is 0 Å². The molecule has 0 bridgehead atoms. The average molecular weight is 396 g/mol. The summed E-state index contributed by atoms with van der Waals surface area (Å²) in [5.74, 6) is -0.0471. The molecule has 0 aromatic rings. The zero-order valence-electron chi connectivity index (χ0n) is 19.8. The summed E-state index contributed by atoms with van der Waals surface area (Å²) in [6, 6.07) is 0. The van der Waals surface area contributed by atoms with Crippen molar-refractivity contribution >= 4 is 5.91 Å². The summed E-state index contributed by atoms with van der Waals surface area (Å²) in [4.78, 5) is 12.2. The molecular weight excluding hydrogens is 342 g/mol. The number of hydrogen-bond donors (Lipinski definition) is 1. The molecule has 168 valence electrons. The number of rotatable bonds is 22. The van der Waals surface area contributed by atoms with Crippen molar-refractivity contribution in [1.29, 1.82) is 0 Å². The molecule has 0 aliphatic heterocycles. The van der Waals surface area contributed by atoms with Crippen LogP contribution in [0.5, 0.6) is 0 Å². The second-order valence-electron chi connectivity index (χ2n) is 9.15. The quantitative estimate of drug-likeness (QED) is 0.183. The van der Waals surface area contributed by atoms with Gasteiger partial charge in [0.25, 0.3) is 0 Å².